The Morgan fingerprint density at radius 1 is 1.15 bits per heavy atom. The molecule has 27 heavy (non-hydrogen) atoms. The zero-order chi connectivity index (χ0) is 19.6. The third-order valence-corrected chi connectivity index (χ3v) is 4.28. The highest BCUT2D eigenvalue weighted by atomic mass is 19.1. The van der Waals surface area contributed by atoms with Crippen molar-refractivity contribution in [3.8, 4) is 0 Å². The van der Waals surface area contributed by atoms with E-state index in [1.807, 2.05) is 0 Å². The summed E-state index contributed by atoms with van der Waals surface area (Å²) in [6, 6.07) is 12.4. The quantitative estimate of drug-likeness (QED) is 0.387. The van der Waals surface area contributed by atoms with Crippen LogP contribution in [-0.2, 0) is 19.1 Å². The Bertz CT molecular complexity index is 938. The predicted molar refractivity (Wildman–Crippen MR) is 93.9 cm³/mol. The average Bonchev–Trinajstić information content (AvgIpc) is 2.93. The summed E-state index contributed by atoms with van der Waals surface area (Å²) in [5.74, 6) is -3.62. The molecule has 1 atom stereocenters. The first-order valence-corrected chi connectivity index (χ1v) is 8.10. The molecular formula is C20H16FNO5. The lowest BCUT2D eigenvalue weighted by molar-refractivity contribution is -0.148. The topological polar surface area (TPSA) is 83.9 Å². The van der Waals surface area contributed by atoms with Gasteiger partial charge in [-0.2, -0.15) is 0 Å². The third kappa shape index (κ3) is 3.44. The number of Topliss-reactive ketones (excluding diaryl/α,β-unsaturated/α-hetero) is 1. The van der Waals surface area contributed by atoms with Crippen molar-refractivity contribution in [1.82, 2.24) is 4.90 Å². The van der Waals surface area contributed by atoms with Gasteiger partial charge in [-0.3, -0.25) is 14.4 Å². The molecule has 1 N–H and O–H groups in total. The lowest BCUT2D eigenvalue weighted by Crippen LogP contribution is -2.35. The molecule has 0 aromatic heterocycles. The van der Waals surface area contributed by atoms with E-state index in [0.29, 0.717) is 5.56 Å². The second kappa shape index (κ2) is 7.41. The summed E-state index contributed by atoms with van der Waals surface area (Å²) in [5, 5.41) is 10.7. The molecule has 1 fully saturated rings. The fraction of sp³-hybridized carbons (Fsp3) is 0.150. The zero-order valence-corrected chi connectivity index (χ0v) is 14.4. The Labute approximate surface area is 154 Å². The normalized spacial score (nSPS) is 18.6. The third-order valence-electron chi connectivity index (χ3n) is 4.28. The molecule has 7 heteroatoms. The van der Waals surface area contributed by atoms with Gasteiger partial charge in [0.2, 0.25) is 0 Å². The highest BCUT2D eigenvalue weighted by Gasteiger charge is 2.47. The molecule has 0 spiro atoms. The van der Waals surface area contributed by atoms with Gasteiger partial charge < -0.3 is 14.7 Å². The molecule has 2 aromatic rings. The van der Waals surface area contributed by atoms with Crippen molar-refractivity contribution in [3.63, 3.8) is 0 Å². The van der Waals surface area contributed by atoms with Gasteiger partial charge >= 0.3 is 5.97 Å². The number of benzene rings is 2. The van der Waals surface area contributed by atoms with Crippen molar-refractivity contribution in [3.05, 3.63) is 77.1 Å². The number of carbonyl (C=O) groups is 3. The van der Waals surface area contributed by atoms with E-state index >= 15 is 0 Å². The van der Waals surface area contributed by atoms with E-state index in [4.69, 9.17) is 0 Å². The van der Waals surface area contributed by atoms with Gasteiger partial charge in [-0.15, -0.1) is 0 Å². The van der Waals surface area contributed by atoms with Crippen molar-refractivity contribution in [2.24, 2.45) is 0 Å². The Balaban J connectivity index is 2.19. The van der Waals surface area contributed by atoms with Crippen LogP contribution in [0, 0.1) is 5.82 Å². The van der Waals surface area contributed by atoms with Crippen LogP contribution in [0.5, 0.6) is 0 Å². The maximum absolute atomic E-state index is 13.8. The number of likely N-dealkylation sites (tertiary alicyclic amines) is 1. The van der Waals surface area contributed by atoms with Crippen LogP contribution in [-0.4, -0.2) is 41.3 Å². The van der Waals surface area contributed by atoms with Crippen molar-refractivity contribution in [2.75, 3.05) is 13.7 Å². The van der Waals surface area contributed by atoms with Crippen LogP contribution in [0.1, 0.15) is 17.2 Å². The fourth-order valence-electron chi connectivity index (χ4n) is 3.02. The number of nitrogens with zero attached hydrogens (tertiary/aromatic N) is 1. The SMILES string of the molecule is COC(=O)CN1C(=O)C(=O)/C(=C(/O)c2ccccc2)C1c1cccc(F)c1. The Morgan fingerprint density at radius 2 is 1.85 bits per heavy atom. The smallest absolute Gasteiger partial charge is 0.325 e. The molecule has 0 aliphatic carbocycles. The number of ketones is 1. The van der Waals surface area contributed by atoms with E-state index < -0.39 is 41.8 Å². The van der Waals surface area contributed by atoms with E-state index in [9.17, 15) is 23.9 Å². The largest absolute Gasteiger partial charge is 0.507 e. The molecule has 138 valence electrons. The van der Waals surface area contributed by atoms with Gasteiger partial charge in [-0.25, -0.2) is 4.39 Å². The van der Waals surface area contributed by atoms with Crippen LogP contribution in [0.3, 0.4) is 0 Å². The number of halogens is 1. The Kier molecular flexibility index (Phi) is 5.03. The number of ether oxygens (including phenoxy) is 1. The monoisotopic (exact) mass is 369 g/mol. The molecule has 1 heterocycles. The summed E-state index contributed by atoms with van der Waals surface area (Å²) in [6.45, 7) is -0.506. The number of hydrogen-bond acceptors (Lipinski definition) is 5. The number of esters is 1. The molecule has 1 aliphatic rings. The lowest BCUT2D eigenvalue weighted by atomic mass is 9.95. The maximum atomic E-state index is 13.8. The molecule has 6 nitrogen and oxygen atoms in total. The van der Waals surface area contributed by atoms with Gasteiger partial charge in [0.1, 0.15) is 18.1 Å². The van der Waals surface area contributed by atoms with Gasteiger partial charge in [0.05, 0.1) is 18.7 Å². The van der Waals surface area contributed by atoms with Crippen molar-refractivity contribution < 1.29 is 28.6 Å². The summed E-state index contributed by atoms with van der Waals surface area (Å²) in [6.07, 6.45) is 0. The number of hydrogen-bond donors (Lipinski definition) is 1. The molecule has 1 saturated heterocycles. The summed E-state index contributed by atoms with van der Waals surface area (Å²) >= 11 is 0. The van der Waals surface area contributed by atoms with E-state index in [1.165, 1.54) is 18.2 Å². The molecular weight excluding hydrogens is 353 g/mol. The van der Waals surface area contributed by atoms with E-state index in [0.717, 1.165) is 18.1 Å². The van der Waals surface area contributed by atoms with Crippen LogP contribution in [0.15, 0.2) is 60.2 Å². The zero-order valence-electron chi connectivity index (χ0n) is 14.4. The summed E-state index contributed by atoms with van der Waals surface area (Å²) in [4.78, 5) is 37.8. The standard InChI is InChI=1S/C20H16FNO5/c1-27-15(23)11-22-17(13-8-5-9-14(21)10-13)16(19(25)20(22)26)18(24)12-6-3-2-4-7-12/h2-10,17,24H,11H2,1H3/b18-16+. The second-order valence-electron chi connectivity index (χ2n) is 5.92. The first-order valence-electron chi connectivity index (χ1n) is 8.10. The first kappa shape index (κ1) is 18.3. The number of rotatable bonds is 4. The molecule has 1 aliphatic heterocycles. The van der Waals surface area contributed by atoms with Crippen LogP contribution >= 0.6 is 0 Å². The molecule has 2 aromatic carbocycles. The molecule has 1 amide bonds. The lowest BCUT2D eigenvalue weighted by Gasteiger charge is -2.24. The van der Waals surface area contributed by atoms with E-state index in [-0.39, 0.29) is 11.1 Å². The molecule has 1 unspecified atom stereocenters. The van der Waals surface area contributed by atoms with Crippen LogP contribution < -0.4 is 0 Å². The van der Waals surface area contributed by atoms with Crippen molar-refractivity contribution in [1.29, 1.82) is 0 Å². The first-order chi connectivity index (χ1) is 12.9. The summed E-state index contributed by atoms with van der Waals surface area (Å²) < 4.78 is 18.4. The van der Waals surface area contributed by atoms with Gasteiger partial charge in [0.15, 0.2) is 0 Å². The number of carbonyl (C=O) groups excluding carboxylic acids is 3. The van der Waals surface area contributed by atoms with Crippen LogP contribution in [0.4, 0.5) is 4.39 Å². The van der Waals surface area contributed by atoms with Crippen LogP contribution in [0.25, 0.3) is 5.76 Å². The minimum Gasteiger partial charge on any atom is -0.507 e. The molecule has 0 bridgehead atoms. The predicted octanol–water partition coefficient (Wildman–Crippen LogP) is 2.42. The summed E-state index contributed by atoms with van der Waals surface area (Å²) in [7, 11) is 1.15. The number of methoxy groups -OCH3 is 1. The minimum absolute atomic E-state index is 0.208. The Hall–Kier alpha value is -3.48. The van der Waals surface area contributed by atoms with Gasteiger partial charge in [-0.1, -0.05) is 42.5 Å². The molecule has 0 radical (unpaired) electrons. The second-order valence-corrected chi connectivity index (χ2v) is 5.92. The van der Waals surface area contributed by atoms with E-state index in [1.54, 1.807) is 30.3 Å². The van der Waals surface area contributed by atoms with Crippen molar-refractivity contribution in [2.45, 2.75) is 6.04 Å². The van der Waals surface area contributed by atoms with Crippen LogP contribution in [0.2, 0.25) is 0 Å². The fourth-order valence-corrected chi connectivity index (χ4v) is 3.02. The maximum Gasteiger partial charge on any atom is 0.325 e. The number of amides is 1. The molecule has 0 saturated carbocycles. The van der Waals surface area contributed by atoms with Gasteiger partial charge in [0, 0.05) is 5.56 Å². The number of aliphatic hydroxyl groups is 1. The van der Waals surface area contributed by atoms with Gasteiger partial charge in [-0.05, 0) is 17.7 Å². The average molecular weight is 369 g/mol. The Morgan fingerprint density at radius 3 is 2.48 bits per heavy atom. The number of aliphatic hydroxyl groups excluding tert-OH is 1. The van der Waals surface area contributed by atoms with Crippen molar-refractivity contribution >= 4 is 23.4 Å². The highest BCUT2D eigenvalue weighted by molar-refractivity contribution is 6.46. The minimum atomic E-state index is -1.11. The molecule has 3 rings (SSSR count). The van der Waals surface area contributed by atoms with E-state index in [2.05, 4.69) is 4.74 Å². The van der Waals surface area contributed by atoms with Gasteiger partial charge in [0.25, 0.3) is 11.7 Å². The summed E-state index contributed by atoms with van der Waals surface area (Å²) in [5.41, 5.74) is 0.381. The highest BCUT2D eigenvalue weighted by Crippen LogP contribution is 2.39.